The van der Waals surface area contributed by atoms with Gasteiger partial charge in [0, 0.05) is 32.7 Å². The van der Waals surface area contributed by atoms with Crippen molar-refractivity contribution in [2.24, 2.45) is 0 Å². The summed E-state index contributed by atoms with van der Waals surface area (Å²) in [6.45, 7) is 6.25. The van der Waals surface area contributed by atoms with Gasteiger partial charge >= 0.3 is 0 Å². The van der Waals surface area contributed by atoms with Crippen LogP contribution in [0.4, 0.5) is 17.8 Å². The normalized spacial score (nSPS) is 16.8. The van der Waals surface area contributed by atoms with Gasteiger partial charge in [0.15, 0.2) is 5.11 Å². The number of hydrazine groups is 1. The second-order valence-corrected chi connectivity index (χ2v) is 7.28. The molecule has 0 bridgehead atoms. The molecule has 2 aliphatic heterocycles. The summed E-state index contributed by atoms with van der Waals surface area (Å²) in [4.78, 5) is 18.0. The molecule has 2 aliphatic rings. The van der Waals surface area contributed by atoms with Crippen LogP contribution in [-0.2, 0) is 16.0 Å². The third-order valence-electron chi connectivity index (χ3n) is 4.78. The highest BCUT2D eigenvalue weighted by Crippen LogP contribution is 2.18. The van der Waals surface area contributed by atoms with Gasteiger partial charge in [0.05, 0.1) is 26.4 Å². The molecule has 2 saturated heterocycles. The molecule has 3 N–H and O–H groups in total. The van der Waals surface area contributed by atoms with E-state index in [9.17, 15) is 0 Å². The van der Waals surface area contributed by atoms with Gasteiger partial charge in [0.25, 0.3) is 0 Å². The number of ether oxygens (including phenoxy) is 2. The topological polar surface area (TPSA) is 99.7 Å². The van der Waals surface area contributed by atoms with Crippen molar-refractivity contribution in [1.29, 1.82) is 0 Å². The van der Waals surface area contributed by atoms with Crippen LogP contribution in [-0.4, -0.2) is 72.7 Å². The molecule has 2 fully saturated rings. The molecule has 0 spiro atoms. The van der Waals surface area contributed by atoms with Gasteiger partial charge in [-0.05, 0) is 17.8 Å². The Morgan fingerprint density at radius 2 is 1.43 bits per heavy atom. The number of hydrogen-bond donors (Lipinski definition) is 3. The molecule has 1 aromatic heterocycles. The largest absolute Gasteiger partial charge is 0.378 e. The van der Waals surface area contributed by atoms with Gasteiger partial charge in [-0.2, -0.15) is 15.0 Å². The Bertz CT molecular complexity index is 792. The zero-order valence-corrected chi connectivity index (χ0v) is 17.5. The van der Waals surface area contributed by atoms with Crippen molar-refractivity contribution in [3.05, 3.63) is 35.9 Å². The van der Waals surface area contributed by atoms with Crippen molar-refractivity contribution >= 4 is 35.2 Å². The molecule has 0 saturated carbocycles. The molecule has 0 radical (unpaired) electrons. The first-order valence-corrected chi connectivity index (χ1v) is 10.4. The maximum Gasteiger partial charge on any atom is 0.248 e. The lowest BCUT2D eigenvalue weighted by atomic mass is 10.2. The van der Waals surface area contributed by atoms with E-state index >= 15 is 0 Å². The van der Waals surface area contributed by atoms with Crippen molar-refractivity contribution < 1.29 is 9.47 Å². The highest BCUT2D eigenvalue weighted by molar-refractivity contribution is 7.80. The second kappa shape index (κ2) is 10.3. The summed E-state index contributed by atoms with van der Waals surface area (Å²) in [5.41, 5.74) is 7.11. The summed E-state index contributed by atoms with van der Waals surface area (Å²) in [7, 11) is 0. The highest BCUT2D eigenvalue weighted by atomic mass is 32.1. The molecule has 10 nitrogen and oxygen atoms in total. The third kappa shape index (κ3) is 5.65. The average molecular weight is 431 g/mol. The van der Waals surface area contributed by atoms with Crippen molar-refractivity contribution in [2.45, 2.75) is 6.54 Å². The van der Waals surface area contributed by atoms with E-state index in [1.165, 1.54) is 0 Å². The molecule has 30 heavy (non-hydrogen) atoms. The maximum atomic E-state index is 5.45. The molecule has 160 valence electrons. The van der Waals surface area contributed by atoms with Crippen LogP contribution in [0.2, 0.25) is 0 Å². The van der Waals surface area contributed by atoms with Gasteiger partial charge in [-0.25, -0.2) is 0 Å². The van der Waals surface area contributed by atoms with Crippen molar-refractivity contribution in [1.82, 2.24) is 25.7 Å². The van der Waals surface area contributed by atoms with Crippen molar-refractivity contribution in [2.75, 3.05) is 67.8 Å². The van der Waals surface area contributed by atoms with Gasteiger partial charge < -0.3 is 24.6 Å². The Hall–Kier alpha value is -2.76. The number of rotatable bonds is 6. The van der Waals surface area contributed by atoms with Crippen molar-refractivity contribution in [3.8, 4) is 0 Å². The Kier molecular flexibility index (Phi) is 7.06. The molecule has 3 heterocycles. The predicted molar refractivity (Wildman–Crippen MR) is 119 cm³/mol. The van der Waals surface area contributed by atoms with E-state index in [1.807, 2.05) is 30.3 Å². The maximum absolute atomic E-state index is 5.45. The van der Waals surface area contributed by atoms with Gasteiger partial charge in [-0.15, -0.1) is 0 Å². The van der Waals surface area contributed by atoms with Crippen LogP contribution >= 0.6 is 12.2 Å². The lowest BCUT2D eigenvalue weighted by Crippen LogP contribution is -2.41. The summed E-state index contributed by atoms with van der Waals surface area (Å²) in [5.74, 6) is 1.67. The number of nitrogens with one attached hydrogen (secondary N) is 3. The van der Waals surface area contributed by atoms with E-state index in [0.29, 0.717) is 55.9 Å². The van der Waals surface area contributed by atoms with Crippen molar-refractivity contribution in [3.63, 3.8) is 0 Å². The molecular weight excluding hydrogens is 404 g/mol. The number of thiocarbonyl (C=S) groups is 1. The lowest BCUT2D eigenvalue weighted by Gasteiger charge is -2.30. The minimum absolute atomic E-state index is 0.414. The van der Waals surface area contributed by atoms with E-state index in [-0.39, 0.29) is 0 Å². The van der Waals surface area contributed by atoms with Gasteiger partial charge in [-0.3, -0.25) is 10.9 Å². The second-order valence-electron chi connectivity index (χ2n) is 6.88. The quantitative estimate of drug-likeness (QED) is 0.442. The molecule has 0 aliphatic carbocycles. The minimum atomic E-state index is 0.414. The monoisotopic (exact) mass is 430 g/mol. The fraction of sp³-hybridized carbons (Fsp3) is 0.474. The standard InChI is InChI=1S/C19H26N8O2S/c30-19(20-14-15-4-2-1-3-5-15)25-24-16-21-17(26-6-10-28-11-7-26)23-18(22-16)27-8-12-29-13-9-27/h1-5H,6-14H2,(H2,20,25,30)(H,21,22,23,24). The summed E-state index contributed by atoms with van der Waals surface area (Å²) in [6.07, 6.45) is 0. The Morgan fingerprint density at radius 3 is 2.00 bits per heavy atom. The molecule has 4 rings (SSSR count). The number of anilines is 3. The van der Waals surface area contributed by atoms with Crippen LogP contribution in [0.15, 0.2) is 30.3 Å². The number of morpholine rings is 2. The van der Waals surface area contributed by atoms with Crippen LogP contribution in [0, 0.1) is 0 Å². The van der Waals surface area contributed by atoms with Crippen LogP contribution in [0.3, 0.4) is 0 Å². The summed E-state index contributed by atoms with van der Waals surface area (Å²) in [5, 5.41) is 3.62. The van der Waals surface area contributed by atoms with Crippen LogP contribution in [0.25, 0.3) is 0 Å². The third-order valence-corrected chi connectivity index (χ3v) is 5.03. The fourth-order valence-corrected chi connectivity index (χ4v) is 3.28. The predicted octanol–water partition coefficient (Wildman–Crippen LogP) is 0.536. The minimum Gasteiger partial charge on any atom is -0.378 e. The first-order valence-electron chi connectivity index (χ1n) is 10.0. The number of aromatic nitrogens is 3. The summed E-state index contributed by atoms with van der Waals surface area (Å²) >= 11 is 5.36. The molecule has 1 aromatic carbocycles. The number of hydrogen-bond acceptors (Lipinski definition) is 9. The number of nitrogens with zero attached hydrogens (tertiary/aromatic N) is 5. The first-order chi connectivity index (χ1) is 14.8. The van der Waals surface area contributed by atoms with Crippen LogP contribution in [0.1, 0.15) is 5.56 Å². The Morgan fingerprint density at radius 1 is 0.867 bits per heavy atom. The highest BCUT2D eigenvalue weighted by Gasteiger charge is 2.20. The molecule has 0 unspecified atom stereocenters. The molecule has 0 amide bonds. The molecular formula is C19H26N8O2S. The number of benzene rings is 1. The van der Waals surface area contributed by atoms with E-state index < -0.39 is 0 Å². The Balaban J connectivity index is 1.42. The van der Waals surface area contributed by atoms with Gasteiger partial charge in [0.2, 0.25) is 17.8 Å². The molecule has 2 aromatic rings. The summed E-state index contributed by atoms with van der Waals surface area (Å²) in [6, 6.07) is 10.1. The van der Waals surface area contributed by atoms with Gasteiger partial charge in [0.1, 0.15) is 0 Å². The van der Waals surface area contributed by atoms with Crippen LogP contribution in [0.5, 0.6) is 0 Å². The van der Waals surface area contributed by atoms with E-state index in [4.69, 9.17) is 21.7 Å². The van der Waals surface area contributed by atoms with Gasteiger partial charge in [-0.1, -0.05) is 30.3 Å². The zero-order valence-electron chi connectivity index (χ0n) is 16.7. The lowest BCUT2D eigenvalue weighted by molar-refractivity contribution is 0.121. The Labute approximate surface area is 181 Å². The van der Waals surface area contributed by atoms with E-state index in [0.717, 1.165) is 31.7 Å². The van der Waals surface area contributed by atoms with E-state index in [1.54, 1.807) is 0 Å². The average Bonchev–Trinajstić information content (AvgIpc) is 2.83. The van der Waals surface area contributed by atoms with Crippen LogP contribution < -0.4 is 26.0 Å². The summed E-state index contributed by atoms with van der Waals surface area (Å²) < 4.78 is 10.9. The zero-order chi connectivity index (χ0) is 20.6. The fourth-order valence-electron chi connectivity index (χ4n) is 3.15. The first kappa shape index (κ1) is 20.5. The SMILES string of the molecule is S=C(NCc1ccccc1)NNc1nc(N2CCOCC2)nc(N2CCOCC2)n1. The molecule has 11 heteroatoms. The van der Waals surface area contributed by atoms with E-state index in [2.05, 4.69) is 40.9 Å². The molecule has 0 atom stereocenters. The smallest absolute Gasteiger partial charge is 0.248 e.